The number of esters is 1. The van der Waals surface area contributed by atoms with Crippen molar-refractivity contribution in [3.05, 3.63) is 63.7 Å². The largest absolute Gasteiger partial charge is 0.453 e. The molecule has 2 aromatic heterocycles. The lowest BCUT2D eigenvalue weighted by atomic mass is 10.1. The monoisotopic (exact) mass is 339 g/mol. The fraction of sp³-hybridized carbons (Fsp3) is 0.222. The van der Waals surface area contributed by atoms with Crippen molar-refractivity contribution in [2.24, 2.45) is 7.05 Å². The molecule has 0 saturated heterocycles. The van der Waals surface area contributed by atoms with Crippen LogP contribution in [-0.2, 0) is 18.2 Å². The van der Waals surface area contributed by atoms with E-state index in [-0.39, 0.29) is 17.0 Å². The van der Waals surface area contributed by atoms with Crippen LogP contribution in [-0.4, -0.2) is 33.1 Å². The second-order valence-corrected chi connectivity index (χ2v) is 5.58. The number of nitrogens with one attached hydrogen (secondary N) is 1. The maximum atomic E-state index is 12.4. The average Bonchev–Trinajstić information content (AvgIpc) is 3.05. The third kappa shape index (κ3) is 3.21. The molecule has 128 valence electrons. The van der Waals surface area contributed by atoms with E-state index in [4.69, 9.17) is 4.74 Å². The quantitative estimate of drug-likeness (QED) is 0.566. The lowest BCUT2D eigenvalue weighted by Crippen LogP contribution is -2.23. The first kappa shape index (κ1) is 16.6. The zero-order valence-electron chi connectivity index (χ0n) is 13.9. The van der Waals surface area contributed by atoms with Gasteiger partial charge in [0, 0.05) is 35.8 Å². The van der Waals surface area contributed by atoms with E-state index in [9.17, 15) is 14.4 Å². The second kappa shape index (κ2) is 6.72. The number of hydrogen-bond acceptors (Lipinski definition) is 5. The predicted octanol–water partition coefficient (Wildman–Crippen LogP) is 1.86. The van der Waals surface area contributed by atoms with E-state index in [2.05, 4.69) is 10.1 Å². The molecule has 7 nitrogen and oxygen atoms in total. The Morgan fingerprint density at radius 2 is 2.04 bits per heavy atom. The summed E-state index contributed by atoms with van der Waals surface area (Å²) >= 11 is 0. The Morgan fingerprint density at radius 1 is 1.24 bits per heavy atom. The molecule has 7 heteroatoms. The van der Waals surface area contributed by atoms with E-state index in [1.165, 1.54) is 19.2 Å². The third-order valence-corrected chi connectivity index (χ3v) is 3.99. The topological polar surface area (TPSA) is 94.1 Å². The lowest BCUT2D eigenvalue weighted by molar-refractivity contribution is 0.0467. The Balaban J connectivity index is 1.75. The number of ketones is 1. The highest BCUT2D eigenvalue weighted by molar-refractivity contribution is 6.09. The number of ether oxygens (including phenoxy) is 1. The van der Waals surface area contributed by atoms with Gasteiger partial charge in [-0.05, 0) is 18.1 Å². The Hall–Kier alpha value is -3.22. The molecule has 0 unspecified atom stereocenters. The molecule has 25 heavy (non-hydrogen) atoms. The standard InChI is InChI=1S/C18H17N3O4/c1-3-11-5-4-6-12-13(9-19-17(11)12)15(22)10-25-18(24)14-7-8-16(23)21(2)20-14/h4-9,19H,3,10H2,1-2H3. The van der Waals surface area contributed by atoms with Crippen LogP contribution in [0.25, 0.3) is 10.9 Å². The minimum Gasteiger partial charge on any atom is -0.453 e. The van der Waals surface area contributed by atoms with Gasteiger partial charge in [0.2, 0.25) is 5.78 Å². The summed E-state index contributed by atoms with van der Waals surface area (Å²) in [6.07, 6.45) is 2.48. The first-order chi connectivity index (χ1) is 12.0. The van der Waals surface area contributed by atoms with Crippen molar-refractivity contribution in [2.75, 3.05) is 6.61 Å². The number of fused-ring (bicyclic) bond motifs is 1. The van der Waals surface area contributed by atoms with Gasteiger partial charge in [0.15, 0.2) is 12.3 Å². The van der Waals surface area contributed by atoms with Crippen LogP contribution < -0.4 is 5.56 Å². The molecule has 0 aliphatic carbocycles. The molecule has 1 N–H and O–H groups in total. The van der Waals surface area contributed by atoms with Gasteiger partial charge >= 0.3 is 5.97 Å². The Labute approximate surface area is 143 Å². The summed E-state index contributed by atoms with van der Waals surface area (Å²) in [5.74, 6) is -1.06. The van der Waals surface area contributed by atoms with Crippen LogP contribution in [0.3, 0.4) is 0 Å². The van der Waals surface area contributed by atoms with Gasteiger partial charge in [0.25, 0.3) is 5.56 Å². The van der Waals surface area contributed by atoms with Crippen LogP contribution >= 0.6 is 0 Å². The zero-order valence-corrected chi connectivity index (χ0v) is 13.9. The van der Waals surface area contributed by atoms with Crippen molar-refractivity contribution in [1.29, 1.82) is 0 Å². The fourth-order valence-electron chi connectivity index (χ4n) is 2.64. The average molecular weight is 339 g/mol. The summed E-state index contributed by atoms with van der Waals surface area (Å²) in [6, 6.07) is 8.24. The lowest BCUT2D eigenvalue weighted by Gasteiger charge is -2.04. The minimum absolute atomic E-state index is 0.0258. The van der Waals surface area contributed by atoms with Crippen LogP contribution in [0.1, 0.15) is 33.3 Å². The number of carbonyl (C=O) groups is 2. The highest BCUT2D eigenvalue weighted by Crippen LogP contribution is 2.22. The highest BCUT2D eigenvalue weighted by atomic mass is 16.5. The molecule has 0 saturated carbocycles. The number of nitrogens with zero attached hydrogens (tertiary/aromatic N) is 2. The number of aromatic amines is 1. The molecule has 0 aliphatic heterocycles. The Bertz CT molecular complexity index is 1020. The molecule has 0 amide bonds. The minimum atomic E-state index is -0.752. The molecular weight excluding hydrogens is 322 g/mol. The predicted molar refractivity (Wildman–Crippen MR) is 91.8 cm³/mol. The number of H-pyrrole nitrogens is 1. The number of carbonyl (C=O) groups excluding carboxylic acids is 2. The number of aryl methyl sites for hydroxylation is 2. The first-order valence-electron chi connectivity index (χ1n) is 7.85. The smallest absolute Gasteiger partial charge is 0.359 e. The van der Waals surface area contributed by atoms with Gasteiger partial charge in [0.05, 0.1) is 0 Å². The van der Waals surface area contributed by atoms with E-state index < -0.39 is 12.6 Å². The van der Waals surface area contributed by atoms with Crippen molar-refractivity contribution in [3.63, 3.8) is 0 Å². The summed E-state index contributed by atoms with van der Waals surface area (Å²) < 4.78 is 6.07. The molecule has 0 aliphatic rings. The molecule has 0 spiro atoms. The molecule has 0 radical (unpaired) electrons. The zero-order chi connectivity index (χ0) is 18.0. The van der Waals surface area contributed by atoms with Gasteiger partial charge in [-0.1, -0.05) is 25.1 Å². The normalized spacial score (nSPS) is 10.8. The van der Waals surface area contributed by atoms with Crippen molar-refractivity contribution in [2.45, 2.75) is 13.3 Å². The molecule has 0 fully saturated rings. The molecule has 3 rings (SSSR count). The van der Waals surface area contributed by atoms with E-state index >= 15 is 0 Å². The summed E-state index contributed by atoms with van der Waals surface area (Å²) in [4.78, 5) is 38.8. The van der Waals surface area contributed by atoms with Gasteiger partial charge in [-0.3, -0.25) is 9.59 Å². The summed E-state index contributed by atoms with van der Waals surface area (Å²) in [5.41, 5.74) is 2.15. The second-order valence-electron chi connectivity index (χ2n) is 5.58. The fourth-order valence-corrected chi connectivity index (χ4v) is 2.64. The number of hydrogen-bond donors (Lipinski definition) is 1. The van der Waals surface area contributed by atoms with Crippen molar-refractivity contribution < 1.29 is 14.3 Å². The van der Waals surface area contributed by atoms with E-state index in [0.717, 1.165) is 27.6 Å². The number of aromatic nitrogens is 3. The number of Topliss-reactive ketones (excluding diaryl/α,β-unsaturated/α-hetero) is 1. The Morgan fingerprint density at radius 3 is 2.76 bits per heavy atom. The van der Waals surface area contributed by atoms with E-state index in [1.807, 2.05) is 25.1 Å². The number of rotatable bonds is 5. The van der Waals surface area contributed by atoms with Gasteiger partial charge in [0.1, 0.15) is 0 Å². The van der Waals surface area contributed by atoms with Crippen LogP contribution in [0, 0.1) is 0 Å². The van der Waals surface area contributed by atoms with Gasteiger partial charge in [-0.2, -0.15) is 5.10 Å². The van der Waals surface area contributed by atoms with Crippen molar-refractivity contribution >= 4 is 22.7 Å². The summed E-state index contributed by atoms with van der Waals surface area (Å²) in [7, 11) is 1.43. The maximum absolute atomic E-state index is 12.4. The maximum Gasteiger partial charge on any atom is 0.359 e. The van der Waals surface area contributed by atoms with E-state index in [0.29, 0.717) is 5.56 Å². The van der Waals surface area contributed by atoms with Gasteiger partial charge in [-0.15, -0.1) is 0 Å². The van der Waals surface area contributed by atoms with Gasteiger partial charge in [-0.25, -0.2) is 9.48 Å². The molecule has 2 heterocycles. The van der Waals surface area contributed by atoms with Crippen LogP contribution in [0.5, 0.6) is 0 Å². The summed E-state index contributed by atoms with van der Waals surface area (Å²) in [6.45, 7) is 1.64. The first-order valence-corrected chi connectivity index (χ1v) is 7.85. The van der Waals surface area contributed by atoms with Crippen molar-refractivity contribution in [1.82, 2.24) is 14.8 Å². The van der Waals surface area contributed by atoms with Crippen molar-refractivity contribution in [3.8, 4) is 0 Å². The number of para-hydroxylation sites is 1. The van der Waals surface area contributed by atoms with Crippen LogP contribution in [0.4, 0.5) is 0 Å². The van der Waals surface area contributed by atoms with Crippen LogP contribution in [0.15, 0.2) is 41.3 Å². The summed E-state index contributed by atoms with van der Waals surface area (Å²) in [5, 5.41) is 4.60. The molecule has 0 bridgehead atoms. The van der Waals surface area contributed by atoms with E-state index in [1.54, 1.807) is 6.20 Å². The molecular formula is C18H17N3O4. The SMILES string of the molecule is CCc1cccc2c(C(=O)COC(=O)c3ccc(=O)n(C)n3)c[nH]c12. The third-order valence-electron chi connectivity index (χ3n) is 3.99. The Kier molecular flexibility index (Phi) is 4.47. The van der Waals surface area contributed by atoms with Crippen LogP contribution in [0.2, 0.25) is 0 Å². The number of benzene rings is 1. The highest BCUT2D eigenvalue weighted by Gasteiger charge is 2.17. The molecule has 1 aromatic carbocycles. The molecule has 0 atom stereocenters. The van der Waals surface area contributed by atoms with Gasteiger partial charge < -0.3 is 9.72 Å². The molecule has 3 aromatic rings.